The second kappa shape index (κ2) is 4.87. The Morgan fingerprint density at radius 3 is 2.83 bits per heavy atom. The third kappa shape index (κ3) is 2.48. The molecule has 0 aliphatic heterocycles. The van der Waals surface area contributed by atoms with Gasteiger partial charge in [0.25, 0.3) is 5.91 Å². The Morgan fingerprint density at radius 1 is 1.44 bits per heavy atom. The van der Waals surface area contributed by atoms with Crippen LogP contribution in [0.25, 0.3) is 0 Å². The fourth-order valence-electron chi connectivity index (χ4n) is 1.44. The Balaban J connectivity index is 2.14. The summed E-state index contributed by atoms with van der Waals surface area (Å²) in [6.07, 6.45) is 3.22. The Kier molecular flexibility index (Phi) is 3.27. The van der Waals surface area contributed by atoms with Crippen molar-refractivity contribution < 1.29 is 9.90 Å². The molecular weight excluding hydrogens is 232 g/mol. The van der Waals surface area contributed by atoms with Crippen LogP contribution in [0.4, 0.5) is 5.82 Å². The maximum absolute atomic E-state index is 11.8. The summed E-state index contributed by atoms with van der Waals surface area (Å²) >= 11 is 0. The van der Waals surface area contributed by atoms with E-state index in [1.54, 1.807) is 23.0 Å². The SMILES string of the molecule is CC(C)n1ccc(NC(=O)c2ncccc2O)n1. The largest absolute Gasteiger partial charge is 0.505 e. The summed E-state index contributed by atoms with van der Waals surface area (Å²) in [6.45, 7) is 3.98. The number of anilines is 1. The van der Waals surface area contributed by atoms with Gasteiger partial charge in [0.2, 0.25) is 0 Å². The van der Waals surface area contributed by atoms with E-state index in [9.17, 15) is 9.90 Å². The summed E-state index contributed by atoms with van der Waals surface area (Å²) in [5.41, 5.74) is -0.0170. The molecule has 2 N–H and O–H groups in total. The zero-order valence-corrected chi connectivity index (χ0v) is 10.2. The summed E-state index contributed by atoms with van der Waals surface area (Å²) in [4.78, 5) is 15.7. The predicted molar refractivity (Wildman–Crippen MR) is 66.5 cm³/mol. The van der Waals surface area contributed by atoms with E-state index in [1.807, 2.05) is 13.8 Å². The Labute approximate surface area is 104 Å². The van der Waals surface area contributed by atoms with Crippen molar-refractivity contribution >= 4 is 11.7 Å². The second-order valence-electron chi connectivity index (χ2n) is 4.10. The summed E-state index contributed by atoms with van der Waals surface area (Å²) in [7, 11) is 0. The number of aromatic nitrogens is 3. The second-order valence-corrected chi connectivity index (χ2v) is 4.10. The number of amides is 1. The van der Waals surface area contributed by atoms with Crippen LogP contribution in [0.3, 0.4) is 0 Å². The molecule has 2 aromatic rings. The van der Waals surface area contributed by atoms with E-state index < -0.39 is 5.91 Å². The van der Waals surface area contributed by atoms with E-state index in [2.05, 4.69) is 15.4 Å². The van der Waals surface area contributed by atoms with Crippen molar-refractivity contribution in [2.24, 2.45) is 0 Å². The van der Waals surface area contributed by atoms with E-state index in [0.29, 0.717) is 5.82 Å². The first kappa shape index (κ1) is 12.1. The maximum atomic E-state index is 11.8. The van der Waals surface area contributed by atoms with Gasteiger partial charge in [0.05, 0.1) is 0 Å². The number of nitrogens with one attached hydrogen (secondary N) is 1. The number of nitrogens with zero attached hydrogens (tertiary/aromatic N) is 3. The van der Waals surface area contributed by atoms with Gasteiger partial charge in [0, 0.05) is 24.5 Å². The van der Waals surface area contributed by atoms with Crippen LogP contribution in [0.15, 0.2) is 30.6 Å². The van der Waals surface area contributed by atoms with Crippen molar-refractivity contribution in [1.82, 2.24) is 14.8 Å². The van der Waals surface area contributed by atoms with Gasteiger partial charge in [-0.15, -0.1) is 0 Å². The molecule has 2 heterocycles. The van der Waals surface area contributed by atoms with Gasteiger partial charge in [0.1, 0.15) is 5.75 Å². The molecule has 0 saturated carbocycles. The lowest BCUT2D eigenvalue weighted by atomic mass is 10.3. The summed E-state index contributed by atoms with van der Waals surface area (Å²) < 4.78 is 1.73. The van der Waals surface area contributed by atoms with Gasteiger partial charge in [-0.2, -0.15) is 5.10 Å². The van der Waals surface area contributed by atoms with E-state index in [1.165, 1.54) is 12.3 Å². The summed E-state index contributed by atoms with van der Waals surface area (Å²) in [5.74, 6) is -0.209. The number of hydrogen-bond acceptors (Lipinski definition) is 4. The highest BCUT2D eigenvalue weighted by Crippen LogP contribution is 2.15. The first-order chi connectivity index (χ1) is 8.58. The molecule has 0 unspecified atom stereocenters. The lowest BCUT2D eigenvalue weighted by molar-refractivity contribution is 0.101. The normalized spacial score (nSPS) is 10.6. The van der Waals surface area contributed by atoms with Crippen molar-refractivity contribution in [2.45, 2.75) is 19.9 Å². The lowest BCUT2D eigenvalue weighted by Crippen LogP contribution is -2.14. The van der Waals surface area contributed by atoms with Crippen LogP contribution in [0.2, 0.25) is 0 Å². The monoisotopic (exact) mass is 246 g/mol. The Bertz CT molecular complexity index is 563. The van der Waals surface area contributed by atoms with E-state index in [4.69, 9.17) is 0 Å². The minimum Gasteiger partial charge on any atom is -0.505 e. The van der Waals surface area contributed by atoms with Crippen molar-refractivity contribution in [1.29, 1.82) is 0 Å². The van der Waals surface area contributed by atoms with Gasteiger partial charge >= 0.3 is 0 Å². The Morgan fingerprint density at radius 2 is 2.22 bits per heavy atom. The number of carbonyl (C=O) groups excluding carboxylic acids is 1. The zero-order chi connectivity index (χ0) is 13.1. The first-order valence-corrected chi connectivity index (χ1v) is 5.58. The molecule has 0 radical (unpaired) electrons. The van der Waals surface area contributed by atoms with Gasteiger partial charge in [-0.1, -0.05) is 0 Å². The molecule has 0 bridgehead atoms. The van der Waals surface area contributed by atoms with Crippen molar-refractivity contribution in [3.63, 3.8) is 0 Å². The van der Waals surface area contributed by atoms with Crippen LogP contribution in [-0.2, 0) is 0 Å². The molecule has 0 atom stereocenters. The van der Waals surface area contributed by atoms with Gasteiger partial charge in [0.15, 0.2) is 11.5 Å². The molecule has 94 valence electrons. The molecule has 18 heavy (non-hydrogen) atoms. The van der Waals surface area contributed by atoms with Gasteiger partial charge < -0.3 is 10.4 Å². The van der Waals surface area contributed by atoms with Crippen LogP contribution < -0.4 is 5.32 Å². The fourth-order valence-corrected chi connectivity index (χ4v) is 1.44. The minimum atomic E-state index is -0.484. The van der Waals surface area contributed by atoms with Gasteiger partial charge in [-0.05, 0) is 26.0 Å². The molecule has 2 rings (SSSR count). The van der Waals surface area contributed by atoms with Gasteiger partial charge in [-0.3, -0.25) is 9.48 Å². The zero-order valence-electron chi connectivity index (χ0n) is 10.2. The number of carbonyl (C=O) groups is 1. The van der Waals surface area contributed by atoms with Gasteiger partial charge in [-0.25, -0.2) is 4.98 Å². The standard InChI is InChI=1S/C12H14N4O2/c1-8(2)16-7-5-10(15-16)14-12(18)11-9(17)4-3-6-13-11/h3-8,17H,1-2H3,(H,14,15,18). The first-order valence-electron chi connectivity index (χ1n) is 5.58. The molecule has 0 fully saturated rings. The highest BCUT2D eigenvalue weighted by Gasteiger charge is 2.13. The quantitative estimate of drug-likeness (QED) is 0.865. The number of hydrogen-bond donors (Lipinski definition) is 2. The molecule has 2 aromatic heterocycles. The third-order valence-electron chi connectivity index (χ3n) is 2.38. The van der Waals surface area contributed by atoms with Crippen LogP contribution in [0, 0.1) is 0 Å². The molecule has 0 aliphatic carbocycles. The van der Waals surface area contributed by atoms with Crippen LogP contribution >= 0.6 is 0 Å². The van der Waals surface area contributed by atoms with Crippen molar-refractivity contribution in [2.75, 3.05) is 5.32 Å². The smallest absolute Gasteiger partial charge is 0.279 e. The van der Waals surface area contributed by atoms with E-state index in [0.717, 1.165) is 0 Å². The third-order valence-corrected chi connectivity index (χ3v) is 2.38. The highest BCUT2D eigenvalue weighted by molar-refractivity contribution is 6.04. The molecule has 1 amide bonds. The average molecular weight is 246 g/mol. The molecule has 0 aromatic carbocycles. The van der Waals surface area contributed by atoms with E-state index in [-0.39, 0.29) is 17.5 Å². The summed E-state index contributed by atoms with van der Waals surface area (Å²) in [6, 6.07) is 4.88. The summed E-state index contributed by atoms with van der Waals surface area (Å²) in [5, 5.41) is 16.3. The number of rotatable bonds is 3. The van der Waals surface area contributed by atoms with Crippen molar-refractivity contribution in [3.05, 3.63) is 36.3 Å². The average Bonchev–Trinajstić information content (AvgIpc) is 2.78. The fraction of sp³-hybridized carbons (Fsp3) is 0.250. The van der Waals surface area contributed by atoms with E-state index >= 15 is 0 Å². The molecule has 0 saturated heterocycles. The Hall–Kier alpha value is -2.37. The van der Waals surface area contributed by atoms with Crippen LogP contribution in [0.1, 0.15) is 30.4 Å². The van der Waals surface area contributed by atoms with Crippen LogP contribution in [-0.4, -0.2) is 25.8 Å². The minimum absolute atomic E-state index is 0.0170. The molecular formula is C12H14N4O2. The van der Waals surface area contributed by atoms with Crippen LogP contribution in [0.5, 0.6) is 5.75 Å². The topological polar surface area (TPSA) is 80.0 Å². The lowest BCUT2D eigenvalue weighted by Gasteiger charge is -2.05. The molecule has 0 aliphatic rings. The maximum Gasteiger partial charge on any atom is 0.279 e. The predicted octanol–water partition coefficient (Wildman–Crippen LogP) is 1.82. The highest BCUT2D eigenvalue weighted by atomic mass is 16.3. The number of aromatic hydroxyl groups is 1. The molecule has 0 spiro atoms. The van der Waals surface area contributed by atoms with Crippen molar-refractivity contribution in [3.8, 4) is 5.75 Å². The molecule has 6 nitrogen and oxygen atoms in total. The number of pyridine rings is 1. The molecule has 6 heteroatoms.